The molecule has 0 bridgehead atoms. The Morgan fingerprint density at radius 1 is 0.846 bits per heavy atom. The Labute approximate surface area is 159 Å². The third kappa shape index (κ3) is 6.99. The topological polar surface area (TPSA) is 24.1 Å². The molecule has 0 unspecified atom stereocenters. The van der Waals surface area contributed by atoms with E-state index in [2.05, 4.69) is 79.2 Å². The first-order valence-electron chi connectivity index (χ1n) is 9.59. The summed E-state index contributed by atoms with van der Waals surface area (Å²) >= 11 is 0. The second kappa shape index (κ2) is 11.5. The van der Waals surface area contributed by atoms with E-state index in [-0.39, 0.29) is 0 Å². The van der Waals surface area contributed by atoms with E-state index in [1.165, 1.54) is 35.1 Å². The van der Waals surface area contributed by atoms with Crippen molar-refractivity contribution < 1.29 is 0 Å². The van der Waals surface area contributed by atoms with Crippen molar-refractivity contribution in [2.75, 3.05) is 13.1 Å². The van der Waals surface area contributed by atoms with Gasteiger partial charge >= 0.3 is 0 Å². The molecule has 2 aromatic rings. The Bertz CT molecular complexity index is 633. The molecule has 2 aromatic carbocycles. The van der Waals surface area contributed by atoms with Gasteiger partial charge in [-0.15, -0.1) is 0 Å². The summed E-state index contributed by atoms with van der Waals surface area (Å²) in [5.41, 5.74) is 4.98. The van der Waals surface area contributed by atoms with Gasteiger partial charge in [0.2, 0.25) is 0 Å². The molecular weight excluding hydrogens is 316 g/mol. The highest BCUT2D eigenvalue weighted by Gasteiger charge is 2.07. The van der Waals surface area contributed by atoms with E-state index in [9.17, 15) is 0 Å². The van der Waals surface area contributed by atoms with Gasteiger partial charge in [-0.3, -0.25) is 0 Å². The lowest BCUT2D eigenvalue weighted by molar-refractivity contribution is 0.412. The number of nitrogens with one attached hydrogen (secondary N) is 2. The fraction of sp³-hybridized carbons (Fsp3) is 0.333. The Hall–Kier alpha value is -2.16. The molecule has 26 heavy (non-hydrogen) atoms. The predicted molar refractivity (Wildman–Crippen MR) is 115 cm³/mol. The molecule has 0 heterocycles. The van der Waals surface area contributed by atoms with Crippen molar-refractivity contribution in [2.24, 2.45) is 5.92 Å². The van der Waals surface area contributed by atoms with Crippen LogP contribution in [0.25, 0.3) is 12.2 Å². The molecule has 2 rings (SSSR count). The van der Waals surface area contributed by atoms with Gasteiger partial charge in [-0.05, 0) is 47.7 Å². The summed E-state index contributed by atoms with van der Waals surface area (Å²) in [7, 11) is 0. The molecule has 0 saturated carbocycles. The highest BCUT2D eigenvalue weighted by Crippen LogP contribution is 2.09. The van der Waals surface area contributed by atoms with Crippen LogP contribution < -0.4 is 10.6 Å². The van der Waals surface area contributed by atoms with Crippen molar-refractivity contribution in [1.82, 2.24) is 10.6 Å². The van der Waals surface area contributed by atoms with Crippen LogP contribution in [0.2, 0.25) is 0 Å². The maximum Gasteiger partial charge on any atom is 0.0205 e. The minimum absolute atomic E-state index is 0.644. The third-order valence-corrected chi connectivity index (χ3v) is 4.59. The first-order valence-corrected chi connectivity index (χ1v) is 9.59. The maximum absolute atomic E-state index is 3.84. The fourth-order valence-corrected chi connectivity index (χ4v) is 3.19. The van der Waals surface area contributed by atoms with Gasteiger partial charge in [0.15, 0.2) is 0 Å². The van der Waals surface area contributed by atoms with Crippen LogP contribution in [0.3, 0.4) is 0 Å². The molecule has 2 N–H and O–H groups in total. The van der Waals surface area contributed by atoms with Crippen LogP contribution in [0.5, 0.6) is 0 Å². The number of hydrogen-bond donors (Lipinski definition) is 2. The van der Waals surface area contributed by atoms with Gasteiger partial charge in [0.1, 0.15) is 0 Å². The SMILES string of the molecule is C=Cc1cccc(CNCC(CCC)CNCc2cccc(C=C)c2)c1. The van der Waals surface area contributed by atoms with Crippen molar-refractivity contribution in [3.05, 3.63) is 83.9 Å². The van der Waals surface area contributed by atoms with E-state index in [0.29, 0.717) is 5.92 Å². The zero-order valence-corrected chi connectivity index (χ0v) is 16.0. The van der Waals surface area contributed by atoms with Crippen molar-refractivity contribution in [3.8, 4) is 0 Å². The Kier molecular flexibility index (Phi) is 8.88. The van der Waals surface area contributed by atoms with E-state index < -0.39 is 0 Å². The standard InChI is InChI=1S/C24H32N2/c1-4-9-24(18-25-16-22-12-7-10-20(5-2)14-22)19-26-17-23-13-8-11-21(6-3)15-23/h5-8,10-15,24-26H,2-4,9,16-19H2,1H3. The molecule has 0 saturated heterocycles. The van der Waals surface area contributed by atoms with Crippen molar-refractivity contribution in [1.29, 1.82) is 0 Å². The lowest BCUT2D eigenvalue weighted by Gasteiger charge is -2.18. The number of rotatable bonds is 12. The van der Waals surface area contributed by atoms with E-state index >= 15 is 0 Å². The summed E-state index contributed by atoms with van der Waals surface area (Å²) in [5.74, 6) is 0.644. The molecule has 138 valence electrons. The van der Waals surface area contributed by atoms with Crippen LogP contribution in [0, 0.1) is 5.92 Å². The average Bonchev–Trinajstić information content (AvgIpc) is 2.68. The first-order chi connectivity index (χ1) is 12.7. The molecule has 2 heteroatoms. The van der Waals surface area contributed by atoms with Crippen LogP contribution in [0.4, 0.5) is 0 Å². The number of benzene rings is 2. The van der Waals surface area contributed by atoms with Crippen LogP contribution in [-0.2, 0) is 13.1 Å². The first kappa shape index (κ1) is 20.2. The molecule has 0 atom stereocenters. The summed E-state index contributed by atoms with van der Waals surface area (Å²) in [5, 5.41) is 7.23. The summed E-state index contributed by atoms with van der Waals surface area (Å²) in [6.45, 7) is 13.8. The zero-order valence-electron chi connectivity index (χ0n) is 16.0. The minimum atomic E-state index is 0.644. The molecule has 0 aliphatic carbocycles. The van der Waals surface area contributed by atoms with E-state index in [1.807, 2.05) is 12.2 Å². The molecule has 0 spiro atoms. The average molecular weight is 349 g/mol. The Morgan fingerprint density at radius 3 is 1.77 bits per heavy atom. The molecule has 0 aliphatic rings. The van der Waals surface area contributed by atoms with Gasteiger partial charge in [0, 0.05) is 13.1 Å². The van der Waals surface area contributed by atoms with E-state index in [4.69, 9.17) is 0 Å². The maximum atomic E-state index is 3.84. The molecule has 0 aliphatic heterocycles. The monoisotopic (exact) mass is 348 g/mol. The summed E-state index contributed by atoms with van der Waals surface area (Å²) in [4.78, 5) is 0. The highest BCUT2D eigenvalue weighted by molar-refractivity contribution is 5.48. The van der Waals surface area contributed by atoms with Gasteiger partial charge < -0.3 is 10.6 Å². The van der Waals surface area contributed by atoms with Crippen LogP contribution in [0.15, 0.2) is 61.7 Å². The predicted octanol–water partition coefficient (Wildman–Crippen LogP) is 5.27. The highest BCUT2D eigenvalue weighted by atomic mass is 14.9. The van der Waals surface area contributed by atoms with Crippen LogP contribution >= 0.6 is 0 Å². The fourth-order valence-electron chi connectivity index (χ4n) is 3.19. The lowest BCUT2D eigenvalue weighted by atomic mass is 10.0. The largest absolute Gasteiger partial charge is 0.312 e. The minimum Gasteiger partial charge on any atom is -0.312 e. The van der Waals surface area contributed by atoms with Gasteiger partial charge in [-0.1, -0.05) is 87.2 Å². The van der Waals surface area contributed by atoms with Crippen molar-refractivity contribution >= 4 is 12.2 Å². The van der Waals surface area contributed by atoms with Gasteiger partial charge in [0.05, 0.1) is 0 Å². The second-order valence-electron chi connectivity index (χ2n) is 6.81. The van der Waals surface area contributed by atoms with Gasteiger partial charge in [-0.25, -0.2) is 0 Å². The molecule has 0 aromatic heterocycles. The molecule has 0 amide bonds. The zero-order chi connectivity index (χ0) is 18.6. The number of hydrogen-bond acceptors (Lipinski definition) is 2. The van der Waals surface area contributed by atoms with Gasteiger partial charge in [-0.2, -0.15) is 0 Å². The Balaban J connectivity index is 1.76. The van der Waals surface area contributed by atoms with Crippen LogP contribution in [-0.4, -0.2) is 13.1 Å². The van der Waals surface area contributed by atoms with E-state index in [1.54, 1.807) is 0 Å². The Morgan fingerprint density at radius 2 is 1.35 bits per heavy atom. The molecule has 2 nitrogen and oxygen atoms in total. The lowest BCUT2D eigenvalue weighted by Crippen LogP contribution is -2.31. The quantitative estimate of drug-likeness (QED) is 0.546. The summed E-state index contributed by atoms with van der Waals surface area (Å²) in [6, 6.07) is 17.1. The van der Waals surface area contributed by atoms with Gasteiger partial charge in [0.25, 0.3) is 0 Å². The van der Waals surface area contributed by atoms with Crippen molar-refractivity contribution in [3.63, 3.8) is 0 Å². The van der Waals surface area contributed by atoms with Crippen molar-refractivity contribution in [2.45, 2.75) is 32.9 Å². The normalized spacial score (nSPS) is 10.8. The third-order valence-electron chi connectivity index (χ3n) is 4.59. The molecule has 0 fully saturated rings. The van der Waals surface area contributed by atoms with E-state index in [0.717, 1.165) is 26.2 Å². The van der Waals surface area contributed by atoms with Crippen LogP contribution in [0.1, 0.15) is 42.0 Å². The second-order valence-corrected chi connectivity index (χ2v) is 6.81. The smallest absolute Gasteiger partial charge is 0.0205 e. The molecule has 0 radical (unpaired) electrons. The molecular formula is C24H32N2. The summed E-state index contributed by atoms with van der Waals surface area (Å²) in [6.07, 6.45) is 6.24. The summed E-state index contributed by atoms with van der Waals surface area (Å²) < 4.78 is 0.